The van der Waals surface area contributed by atoms with Crippen LogP contribution in [0.3, 0.4) is 0 Å². The zero-order chi connectivity index (χ0) is 10.7. The van der Waals surface area contributed by atoms with Crippen molar-refractivity contribution in [1.82, 2.24) is 4.90 Å². The zero-order valence-corrected chi connectivity index (χ0v) is 10.0. The molecule has 0 amide bonds. The molecule has 2 aliphatic rings. The Bertz CT molecular complexity index is 229. The molecule has 0 aromatic carbocycles. The Hall–Kier alpha value is -0.500. The van der Waals surface area contributed by atoms with Crippen LogP contribution >= 0.6 is 0 Å². The van der Waals surface area contributed by atoms with Gasteiger partial charge in [-0.2, -0.15) is 0 Å². The molecule has 0 N–H and O–H groups in total. The van der Waals surface area contributed by atoms with Crippen LogP contribution in [0.15, 0.2) is 11.8 Å². The molecule has 1 atom stereocenters. The lowest BCUT2D eigenvalue weighted by Crippen LogP contribution is -2.36. The summed E-state index contributed by atoms with van der Waals surface area (Å²) < 4.78 is 5.38. The molecule has 0 bridgehead atoms. The summed E-state index contributed by atoms with van der Waals surface area (Å²) in [5, 5.41) is 0. The van der Waals surface area contributed by atoms with Gasteiger partial charge in [-0.05, 0) is 31.1 Å². The maximum absolute atomic E-state index is 5.38. The summed E-state index contributed by atoms with van der Waals surface area (Å²) >= 11 is 0. The van der Waals surface area contributed by atoms with E-state index in [0.29, 0.717) is 0 Å². The highest BCUT2D eigenvalue weighted by atomic mass is 16.5. The second kappa shape index (κ2) is 5.02. The molecule has 1 aliphatic heterocycles. The molecule has 0 saturated carbocycles. The summed E-state index contributed by atoms with van der Waals surface area (Å²) in [5.74, 6) is 1.75. The Morgan fingerprint density at radius 3 is 2.60 bits per heavy atom. The summed E-state index contributed by atoms with van der Waals surface area (Å²) in [4.78, 5) is 2.51. The van der Waals surface area contributed by atoms with Crippen LogP contribution in [0.25, 0.3) is 0 Å². The summed E-state index contributed by atoms with van der Waals surface area (Å²) in [6, 6.07) is 0. The molecular formula is C13H23NO. The van der Waals surface area contributed by atoms with E-state index in [9.17, 15) is 0 Å². The molecule has 86 valence electrons. The van der Waals surface area contributed by atoms with Gasteiger partial charge in [0.2, 0.25) is 0 Å². The van der Waals surface area contributed by atoms with E-state index in [0.717, 1.165) is 38.1 Å². The minimum atomic E-state index is 0.840. The average molecular weight is 209 g/mol. The van der Waals surface area contributed by atoms with Crippen molar-refractivity contribution >= 4 is 0 Å². The summed E-state index contributed by atoms with van der Waals surface area (Å²) in [5.41, 5.74) is 1.58. The van der Waals surface area contributed by atoms with Crippen molar-refractivity contribution in [3.63, 3.8) is 0 Å². The third-order valence-corrected chi connectivity index (χ3v) is 3.79. The van der Waals surface area contributed by atoms with E-state index in [2.05, 4.69) is 24.8 Å². The number of morpholine rings is 1. The Morgan fingerprint density at radius 2 is 2.07 bits per heavy atom. The normalized spacial score (nSPS) is 28.1. The molecule has 0 radical (unpaired) electrons. The highest BCUT2D eigenvalue weighted by Crippen LogP contribution is 2.30. The first-order valence-electron chi connectivity index (χ1n) is 6.29. The first kappa shape index (κ1) is 11.0. The van der Waals surface area contributed by atoms with Crippen LogP contribution in [0.1, 0.15) is 33.1 Å². The van der Waals surface area contributed by atoms with Crippen LogP contribution < -0.4 is 0 Å². The number of rotatable bonds is 2. The van der Waals surface area contributed by atoms with E-state index < -0.39 is 0 Å². The Balaban J connectivity index is 1.89. The first-order valence-corrected chi connectivity index (χ1v) is 6.29. The first-order chi connectivity index (χ1) is 7.27. The van der Waals surface area contributed by atoms with Crippen molar-refractivity contribution in [2.75, 3.05) is 26.3 Å². The minimum absolute atomic E-state index is 0.840. The molecule has 1 saturated heterocycles. The highest BCUT2D eigenvalue weighted by molar-refractivity contribution is 5.06. The predicted molar refractivity (Wildman–Crippen MR) is 62.7 cm³/mol. The molecule has 0 aromatic rings. The molecular weight excluding hydrogens is 186 g/mol. The maximum atomic E-state index is 5.38. The second-order valence-electron chi connectivity index (χ2n) is 5.07. The van der Waals surface area contributed by atoms with Gasteiger partial charge in [0, 0.05) is 18.8 Å². The standard InChI is InChI=1S/C13H23NO/c1-11(2)12-3-5-13(6-4-12)14-7-9-15-10-8-14/h5,11-12H,3-4,6-10H2,1-2H3. The second-order valence-corrected chi connectivity index (χ2v) is 5.07. The van der Waals surface area contributed by atoms with E-state index in [1.54, 1.807) is 5.70 Å². The van der Waals surface area contributed by atoms with Crippen LogP contribution in [0, 0.1) is 11.8 Å². The van der Waals surface area contributed by atoms with Gasteiger partial charge >= 0.3 is 0 Å². The average Bonchev–Trinajstić information content (AvgIpc) is 2.30. The molecule has 0 spiro atoms. The maximum Gasteiger partial charge on any atom is 0.0642 e. The number of allylic oxidation sites excluding steroid dienone is 2. The van der Waals surface area contributed by atoms with Crippen molar-refractivity contribution in [2.24, 2.45) is 11.8 Å². The third-order valence-electron chi connectivity index (χ3n) is 3.79. The largest absolute Gasteiger partial charge is 0.378 e. The number of ether oxygens (including phenoxy) is 1. The number of hydrogen-bond donors (Lipinski definition) is 0. The Kier molecular flexibility index (Phi) is 3.68. The zero-order valence-electron chi connectivity index (χ0n) is 10.0. The van der Waals surface area contributed by atoms with Gasteiger partial charge in [0.15, 0.2) is 0 Å². The molecule has 1 fully saturated rings. The highest BCUT2D eigenvalue weighted by Gasteiger charge is 2.21. The predicted octanol–water partition coefficient (Wildman–Crippen LogP) is 2.66. The molecule has 2 nitrogen and oxygen atoms in total. The number of hydrogen-bond acceptors (Lipinski definition) is 2. The van der Waals surface area contributed by atoms with Gasteiger partial charge in [0.25, 0.3) is 0 Å². The van der Waals surface area contributed by atoms with Crippen molar-refractivity contribution in [3.8, 4) is 0 Å². The van der Waals surface area contributed by atoms with Gasteiger partial charge in [-0.25, -0.2) is 0 Å². The van der Waals surface area contributed by atoms with Crippen LogP contribution in [0.4, 0.5) is 0 Å². The quantitative estimate of drug-likeness (QED) is 0.693. The molecule has 2 heteroatoms. The lowest BCUT2D eigenvalue weighted by molar-refractivity contribution is 0.0503. The van der Waals surface area contributed by atoms with Gasteiger partial charge in [-0.3, -0.25) is 0 Å². The molecule has 1 aliphatic carbocycles. The van der Waals surface area contributed by atoms with Gasteiger partial charge in [0.1, 0.15) is 0 Å². The van der Waals surface area contributed by atoms with Crippen LogP contribution in [-0.2, 0) is 4.74 Å². The summed E-state index contributed by atoms with van der Waals surface area (Å²) in [6.07, 6.45) is 6.41. The third kappa shape index (κ3) is 2.75. The fraction of sp³-hybridized carbons (Fsp3) is 0.846. The smallest absolute Gasteiger partial charge is 0.0642 e. The summed E-state index contributed by atoms with van der Waals surface area (Å²) in [6.45, 7) is 8.70. The Labute approximate surface area is 93.3 Å². The van der Waals surface area contributed by atoms with Gasteiger partial charge in [-0.15, -0.1) is 0 Å². The SMILES string of the molecule is CC(C)C1CC=C(N2CCOCC2)CC1. The van der Waals surface area contributed by atoms with E-state index in [1.807, 2.05) is 0 Å². The van der Waals surface area contributed by atoms with Crippen molar-refractivity contribution < 1.29 is 4.74 Å². The monoisotopic (exact) mass is 209 g/mol. The van der Waals surface area contributed by atoms with Crippen molar-refractivity contribution in [3.05, 3.63) is 11.8 Å². The van der Waals surface area contributed by atoms with Gasteiger partial charge in [0.05, 0.1) is 13.2 Å². The van der Waals surface area contributed by atoms with Gasteiger partial charge in [-0.1, -0.05) is 19.9 Å². The fourth-order valence-corrected chi connectivity index (χ4v) is 2.58. The van der Waals surface area contributed by atoms with Crippen molar-refractivity contribution in [2.45, 2.75) is 33.1 Å². The van der Waals surface area contributed by atoms with Crippen LogP contribution in [-0.4, -0.2) is 31.2 Å². The van der Waals surface area contributed by atoms with Crippen LogP contribution in [0.2, 0.25) is 0 Å². The van der Waals surface area contributed by atoms with E-state index in [1.165, 1.54) is 19.3 Å². The molecule has 15 heavy (non-hydrogen) atoms. The van der Waals surface area contributed by atoms with Crippen LogP contribution in [0.5, 0.6) is 0 Å². The molecule has 1 unspecified atom stereocenters. The molecule has 0 aromatic heterocycles. The Morgan fingerprint density at radius 1 is 1.33 bits per heavy atom. The lowest BCUT2D eigenvalue weighted by atomic mass is 9.84. The lowest BCUT2D eigenvalue weighted by Gasteiger charge is -2.35. The van der Waals surface area contributed by atoms with Gasteiger partial charge < -0.3 is 9.64 Å². The molecule has 1 heterocycles. The molecule has 2 rings (SSSR count). The van der Waals surface area contributed by atoms with E-state index in [4.69, 9.17) is 4.74 Å². The minimum Gasteiger partial charge on any atom is -0.378 e. The van der Waals surface area contributed by atoms with Crippen molar-refractivity contribution in [1.29, 1.82) is 0 Å². The van der Waals surface area contributed by atoms with E-state index >= 15 is 0 Å². The topological polar surface area (TPSA) is 12.5 Å². The number of nitrogens with zero attached hydrogens (tertiary/aromatic N) is 1. The summed E-state index contributed by atoms with van der Waals surface area (Å²) in [7, 11) is 0. The fourth-order valence-electron chi connectivity index (χ4n) is 2.58. The van der Waals surface area contributed by atoms with E-state index in [-0.39, 0.29) is 0 Å².